The lowest BCUT2D eigenvalue weighted by Gasteiger charge is -2.12. The molecular formula is C16H18FN3O2. The quantitative estimate of drug-likeness (QED) is 0.879. The van der Waals surface area contributed by atoms with Crippen LogP contribution in [-0.4, -0.2) is 17.1 Å². The molecule has 2 rings (SSSR count). The van der Waals surface area contributed by atoms with Crippen molar-refractivity contribution < 1.29 is 13.9 Å². The van der Waals surface area contributed by atoms with Crippen LogP contribution in [0.5, 0.6) is 11.6 Å². The smallest absolute Gasteiger partial charge is 0.319 e. The first-order valence-corrected chi connectivity index (χ1v) is 7.04. The van der Waals surface area contributed by atoms with Gasteiger partial charge in [-0.3, -0.25) is 0 Å². The van der Waals surface area contributed by atoms with Crippen LogP contribution in [0.3, 0.4) is 0 Å². The SMILES string of the molecule is CCC(C)NC(=O)Nc1ccc(Oc2ccc(F)cc2)nc1. The number of ether oxygens (including phenoxy) is 1. The first-order valence-electron chi connectivity index (χ1n) is 7.04. The molecule has 0 aliphatic rings. The molecule has 0 spiro atoms. The minimum atomic E-state index is -0.327. The Bertz CT molecular complexity index is 614. The lowest BCUT2D eigenvalue weighted by Crippen LogP contribution is -2.35. The standard InChI is InChI=1S/C16H18FN3O2/c1-3-11(2)19-16(21)20-13-6-9-15(18-10-13)22-14-7-4-12(17)5-8-14/h4-11H,3H2,1-2H3,(H2,19,20,21). The van der Waals surface area contributed by atoms with E-state index in [1.54, 1.807) is 12.1 Å². The summed E-state index contributed by atoms with van der Waals surface area (Å²) >= 11 is 0. The number of nitrogens with one attached hydrogen (secondary N) is 2. The van der Waals surface area contributed by atoms with Gasteiger partial charge in [-0.05, 0) is 43.7 Å². The number of rotatable bonds is 5. The normalized spacial score (nSPS) is 11.6. The molecule has 0 saturated heterocycles. The topological polar surface area (TPSA) is 63.2 Å². The molecule has 1 aromatic carbocycles. The Labute approximate surface area is 128 Å². The number of benzene rings is 1. The Hall–Kier alpha value is -2.63. The van der Waals surface area contributed by atoms with Gasteiger partial charge in [0.2, 0.25) is 5.88 Å². The fraction of sp³-hybridized carbons (Fsp3) is 0.250. The van der Waals surface area contributed by atoms with E-state index in [0.29, 0.717) is 17.3 Å². The molecule has 0 aliphatic carbocycles. The molecule has 0 radical (unpaired) electrons. The lowest BCUT2D eigenvalue weighted by atomic mass is 10.3. The van der Waals surface area contributed by atoms with E-state index in [2.05, 4.69) is 15.6 Å². The van der Waals surface area contributed by atoms with Gasteiger partial charge in [0.15, 0.2) is 0 Å². The van der Waals surface area contributed by atoms with E-state index in [-0.39, 0.29) is 17.9 Å². The van der Waals surface area contributed by atoms with E-state index >= 15 is 0 Å². The Morgan fingerprint density at radius 3 is 2.59 bits per heavy atom. The molecular weight excluding hydrogens is 285 g/mol. The summed E-state index contributed by atoms with van der Waals surface area (Å²) in [6.07, 6.45) is 2.35. The minimum Gasteiger partial charge on any atom is -0.439 e. The van der Waals surface area contributed by atoms with E-state index in [0.717, 1.165) is 6.42 Å². The van der Waals surface area contributed by atoms with Gasteiger partial charge in [-0.1, -0.05) is 6.92 Å². The molecule has 6 heteroatoms. The first-order chi connectivity index (χ1) is 10.6. The van der Waals surface area contributed by atoms with Crippen LogP contribution in [0.4, 0.5) is 14.9 Å². The highest BCUT2D eigenvalue weighted by Crippen LogP contribution is 2.20. The van der Waals surface area contributed by atoms with Crippen molar-refractivity contribution in [2.75, 3.05) is 5.32 Å². The number of nitrogens with zero attached hydrogens (tertiary/aromatic N) is 1. The third-order valence-electron chi connectivity index (χ3n) is 3.02. The molecule has 2 N–H and O–H groups in total. The number of anilines is 1. The molecule has 2 aromatic rings. The molecule has 1 aromatic heterocycles. The molecule has 0 aliphatic heterocycles. The van der Waals surface area contributed by atoms with Crippen molar-refractivity contribution in [3.63, 3.8) is 0 Å². The second-order valence-electron chi connectivity index (χ2n) is 4.85. The van der Waals surface area contributed by atoms with Gasteiger partial charge >= 0.3 is 6.03 Å². The van der Waals surface area contributed by atoms with Gasteiger partial charge in [0.05, 0.1) is 11.9 Å². The van der Waals surface area contributed by atoms with Crippen molar-refractivity contribution in [1.82, 2.24) is 10.3 Å². The Morgan fingerprint density at radius 1 is 1.27 bits per heavy atom. The van der Waals surface area contributed by atoms with Gasteiger partial charge in [-0.2, -0.15) is 0 Å². The largest absolute Gasteiger partial charge is 0.439 e. The van der Waals surface area contributed by atoms with E-state index in [1.807, 2.05) is 13.8 Å². The summed E-state index contributed by atoms with van der Waals surface area (Å²) < 4.78 is 18.3. The molecule has 116 valence electrons. The second kappa shape index (κ2) is 7.40. The molecule has 0 fully saturated rings. The van der Waals surface area contributed by atoms with E-state index in [9.17, 15) is 9.18 Å². The highest BCUT2D eigenvalue weighted by molar-refractivity contribution is 5.89. The average Bonchev–Trinajstić information content (AvgIpc) is 2.51. The summed E-state index contributed by atoms with van der Waals surface area (Å²) in [6.45, 7) is 3.92. The minimum absolute atomic E-state index is 0.106. The predicted octanol–water partition coefficient (Wildman–Crippen LogP) is 3.93. The summed E-state index contributed by atoms with van der Waals surface area (Å²) in [5, 5.41) is 5.48. The maximum atomic E-state index is 12.8. The van der Waals surface area contributed by atoms with Crippen LogP contribution in [0.1, 0.15) is 20.3 Å². The Morgan fingerprint density at radius 2 is 2.00 bits per heavy atom. The summed E-state index contributed by atoms with van der Waals surface area (Å²) in [4.78, 5) is 15.8. The number of hydrogen-bond acceptors (Lipinski definition) is 3. The summed E-state index contributed by atoms with van der Waals surface area (Å²) in [6, 6.07) is 8.79. The van der Waals surface area contributed by atoms with Crippen molar-refractivity contribution in [2.45, 2.75) is 26.3 Å². The average molecular weight is 303 g/mol. The zero-order valence-electron chi connectivity index (χ0n) is 12.5. The molecule has 2 amide bonds. The van der Waals surface area contributed by atoms with Crippen molar-refractivity contribution >= 4 is 11.7 Å². The fourth-order valence-corrected chi connectivity index (χ4v) is 1.63. The maximum Gasteiger partial charge on any atom is 0.319 e. The molecule has 22 heavy (non-hydrogen) atoms. The van der Waals surface area contributed by atoms with Gasteiger partial charge in [0.1, 0.15) is 11.6 Å². The van der Waals surface area contributed by atoms with Crippen LogP contribution < -0.4 is 15.4 Å². The van der Waals surface area contributed by atoms with E-state index in [1.165, 1.54) is 30.5 Å². The number of pyridine rings is 1. The third-order valence-corrected chi connectivity index (χ3v) is 3.02. The lowest BCUT2D eigenvalue weighted by molar-refractivity contribution is 0.249. The number of amides is 2. The van der Waals surface area contributed by atoms with Crippen LogP contribution in [0, 0.1) is 5.82 Å². The number of aromatic nitrogens is 1. The zero-order valence-corrected chi connectivity index (χ0v) is 12.5. The molecule has 5 nitrogen and oxygen atoms in total. The van der Waals surface area contributed by atoms with Crippen molar-refractivity contribution in [2.24, 2.45) is 0 Å². The first kappa shape index (κ1) is 15.8. The van der Waals surface area contributed by atoms with E-state index < -0.39 is 0 Å². The fourth-order valence-electron chi connectivity index (χ4n) is 1.63. The monoisotopic (exact) mass is 303 g/mol. The van der Waals surface area contributed by atoms with Gasteiger partial charge in [-0.15, -0.1) is 0 Å². The highest BCUT2D eigenvalue weighted by Gasteiger charge is 2.06. The molecule has 0 bridgehead atoms. The molecule has 1 heterocycles. The number of carbonyl (C=O) groups is 1. The summed E-state index contributed by atoms with van der Waals surface area (Å²) in [5.41, 5.74) is 0.562. The van der Waals surface area contributed by atoms with Crippen LogP contribution in [0.2, 0.25) is 0 Å². The second-order valence-corrected chi connectivity index (χ2v) is 4.85. The zero-order chi connectivity index (χ0) is 15.9. The van der Waals surface area contributed by atoms with Gasteiger partial charge < -0.3 is 15.4 Å². The molecule has 1 unspecified atom stereocenters. The molecule has 1 atom stereocenters. The third kappa shape index (κ3) is 4.73. The number of halogens is 1. The van der Waals surface area contributed by atoms with Crippen LogP contribution in [0.25, 0.3) is 0 Å². The van der Waals surface area contributed by atoms with Crippen molar-refractivity contribution in [3.8, 4) is 11.6 Å². The predicted molar refractivity (Wildman–Crippen MR) is 82.6 cm³/mol. The number of urea groups is 1. The van der Waals surface area contributed by atoms with Crippen LogP contribution in [-0.2, 0) is 0 Å². The number of carbonyl (C=O) groups excluding carboxylic acids is 1. The van der Waals surface area contributed by atoms with Gasteiger partial charge in [0.25, 0.3) is 0 Å². The van der Waals surface area contributed by atoms with Crippen molar-refractivity contribution in [3.05, 3.63) is 48.4 Å². The van der Waals surface area contributed by atoms with E-state index in [4.69, 9.17) is 4.74 Å². The van der Waals surface area contributed by atoms with Gasteiger partial charge in [0, 0.05) is 12.1 Å². The van der Waals surface area contributed by atoms with Crippen LogP contribution in [0.15, 0.2) is 42.6 Å². The van der Waals surface area contributed by atoms with Crippen molar-refractivity contribution in [1.29, 1.82) is 0 Å². The Balaban J connectivity index is 1.92. The van der Waals surface area contributed by atoms with Gasteiger partial charge in [-0.25, -0.2) is 14.2 Å². The van der Waals surface area contributed by atoms with Crippen LogP contribution >= 0.6 is 0 Å². The highest BCUT2D eigenvalue weighted by atomic mass is 19.1. The Kier molecular flexibility index (Phi) is 5.30. The maximum absolute atomic E-state index is 12.8. The number of hydrogen-bond donors (Lipinski definition) is 2. The molecule has 0 saturated carbocycles. The summed E-state index contributed by atoms with van der Waals surface area (Å²) in [5.74, 6) is 0.524. The summed E-state index contributed by atoms with van der Waals surface area (Å²) in [7, 11) is 0.